The molecule has 0 heterocycles. The van der Waals surface area contributed by atoms with Crippen molar-refractivity contribution in [3.05, 3.63) is 0 Å². The van der Waals surface area contributed by atoms with Crippen LogP contribution in [-0.4, -0.2) is 35.2 Å². The van der Waals surface area contributed by atoms with E-state index in [1.54, 1.807) is 0 Å². The van der Waals surface area contributed by atoms with Crippen molar-refractivity contribution < 1.29 is 5.11 Å². The molecule has 2 nitrogen and oxygen atoms in total. The smallest absolute Gasteiger partial charge is 0.0695 e. The molecule has 0 aromatic heterocycles. The highest BCUT2D eigenvalue weighted by atomic mass is 16.3. The van der Waals surface area contributed by atoms with Crippen LogP contribution in [0.4, 0.5) is 0 Å². The zero-order valence-electron chi connectivity index (χ0n) is 11.4. The van der Waals surface area contributed by atoms with E-state index in [4.69, 9.17) is 0 Å². The molecule has 0 spiro atoms. The van der Waals surface area contributed by atoms with Crippen LogP contribution in [0.3, 0.4) is 0 Å². The molecule has 1 aliphatic carbocycles. The molecule has 16 heavy (non-hydrogen) atoms. The predicted molar refractivity (Wildman–Crippen MR) is 69.5 cm³/mol. The fourth-order valence-corrected chi connectivity index (χ4v) is 2.80. The number of hydrogen-bond acceptors (Lipinski definition) is 2. The SMILES string of the molecule is CC(C)CN(CC(C)C)[C@@H]1CCCC[C@H]1O. The van der Waals surface area contributed by atoms with Crippen molar-refractivity contribution in [1.82, 2.24) is 4.90 Å². The predicted octanol–water partition coefficient (Wildman–Crippen LogP) is 2.90. The summed E-state index contributed by atoms with van der Waals surface area (Å²) in [5.74, 6) is 1.38. The van der Waals surface area contributed by atoms with Gasteiger partial charge in [0.15, 0.2) is 0 Å². The molecule has 96 valence electrons. The fourth-order valence-electron chi connectivity index (χ4n) is 2.80. The van der Waals surface area contributed by atoms with Gasteiger partial charge < -0.3 is 5.11 Å². The molecule has 0 aromatic carbocycles. The molecule has 1 saturated carbocycles. The Morgan fingerprint density at radius 1 is 1.00 bits per heavy atom. The lowest BCUT2D eigenvalue weighted by Crippen LogP contribution is -2.48. The van der Waals surface area contributed by atoms with Crippen molar-refractivity contribution >= 4 is 0 Å². The van der Waals surface area contributed by atoms with Crippen LogP contribution in [0.2, 0.25) is 0 Å². The Kier molecular flexibility index (Phi) is 5.77. The standard InChI is InChI=1S/C14H29NO/c1-11(2)9-15(10-12(3)4)13-7-5-6-8-14(13)16/h11-14,16H,5-10H2,1-4H3/t13-,14-/m1/s1. The molecule has 2 heteroatoms. The summed E-state index contributed by atoms with van der Waals surface area (Å²) in [4.78, 5) is 2.53. The Labute approximate surface area is 101 Å². The Morgan fingerprint density at radius 2 is 1.50 bits per heavy atom. The average molecular weight is 227 g/mol. The highest BCUT2D eigenvalue weighted by Crippen LogP contribution is 2.24. The first-order valence-corrected chi connectivity index (χ1v) is 6.92. The van der Waals surface area contributed by atoms with Crippen LogP contribution in [-0.2, 0) is 0 Å². The summed E-state index contributed by atoms with van der Waals surface area (Å²) < 4.78 is 0. The van der Waals surface area contributed by atoms with Gasteiger partial charge in [-0.25, -0.2) is 0 Å². The van der Waals surface area contributed by atoms with Crippen molar-refractivity contribution in [2.24, 2.45) is 11.8 Å². The van der Waals surface area contributed by atoms with Gasteiger partial charge in [0.2, 0.25) is 0 Å². The third-order valence-corrected chi connectivity index (χ3v) is 3.36. The first-order chi connectivity index (χ1) is 7.50. The first-order valence-electron chi connectivity index (χ1n) is 6.92. The quantitative estimate of drug-likeness (QED) is 0.780. The van der Waals surface area contributed by atoms with E-state index in [1.165, 1.54) is 19.3 Å². The molecule has 1 aliphatic rings. The van der Waals surface area contributed by atoms with Crippen LogP contribution < -0.4 is 0 Å². The van der Waals surface area contributed by atoms with Crippen molar-refractivity contribution in [2.75, 3.05) is 13.1 Å². The molecular formula is C14H29NO. The van der Waals surface area contributed by atoms with Gasteiger partial charge in [0.25, 0.3) is 0 Å². The molecule has 0 radical (unpaired) electrons. The van der Waals surface area contributed by atoms with E-state index in [2.05, 4.69) is 32.6 Å². The van der Waals surface area contributed by atoms with E-state index in [-0.39, 0.29) is 6.10 Å². The van der Waals surface area contributed by atoms with Crippen molar-refractivity contribution in [3.8, 4) is 0 Å². The Balaban J connectivity index is 2.58. The minimum Gasteiger partial charge on any atom is -0.391 e. The zero-order chi connectivity index (χ0) is 12.1. The largest absolute Gasteiger partial charge is 0.391 e. The van der Waals surface area contributed by atoms with Crippen molar-refractivity contribution in [3.63, 3.8) is 0 Å². The number of hydrogen-bond donors (Lipinski definition) is 1. The average Bonchev–Trinajstić information content (AvgIpc) is 2.15. The van der Waals surface area contributed by atoms with Gasteiger partial charge in [0.05, 0.1) is 6.10 Å². The topological polar surface area (TPSA) is 23.5 Å². The van der Waals surface area contributed by atoms with Gasteiger partial charge in [0, 0.05) is 19.1 Å². The molecule has 1 fully saturated rings. The highest BCUT2D eigenvalue weighted by molar-refractivity contribution is 4.84. The van der Waals surface area contributed by atoms with E-state index in [0.29, 0.717) is 17.9 Å². The molecule has 1 N–H and O–H groups in total. The highest BCUT2D eigenvalue weighted by Gasteiger charge is 2.29. The molecule has 2 atom stereocenters. The minimum absolute atomic E-state index is 0.0914. The van der Waals surface area contributed by atoms with Gasteiger partial charge in [-0.15, -0.1) is 0 Å². The molecule has 0 saturated heterocycles. The van der Waals surface area contributed by atoms with Crippen LogP contribution in [0, 0.1) is 11.8 Å². The molecule has 0 amide bonds. The fraction of sp³-hybridized carbons (Fsp3) is 1.00. The van der Waals surface area contributed by atoms with E-state index >= 15 is 0 Å². The summed E-state index contributed by atoms with van der Waals surface area (Å²) in [7, 11) is 0. The van der Waals surface area contributed by atoms with Gasteiger partial charge >= 0.3 is 0 Å². The number of aliphatic hydroxyl groups excluding tert-OH is 1. The summed E-state index contributed by atoms with van der Waals surface area (Å²) >= 11 is 0. The second kappa shape index (κ2) is 6.61. The van der Waals surface area contributed by atoms with Crippen LogP contribution in [0.25, 0.3) is 0 Å². The van der Waals surface area contributed by atoms with E-state index in [9.17, 15) is 5.11 Å². The normalized spacial score (nSPS) is 27.0. The Bertz CT molecular complexity index is 181. The summed E-state index contributed by atoms with van der Waals surface area (Å²) in [5, 5.41) is 10.1. The van der Waals surface area contributed by atoms with Gasteiger partial charge in [-0.05, 0) is 24.7 Å². The monoisotopic (exact) mass is 227 g/mol. The maximum absolute atomic E-state index is 10.1. The lowest BCUT2D eigenvalue weighted by Gasteiger charge is -2.39. The van der Waals surface area contributed by atoms with E-state index < -0.39 is 0 Å². The number of aliphatic hydroxyl groups is 1. The van der Waals surface area contributed by atoms with E-state index in [0.717, 1.165) is 19.5 Å². The van der Waals surface area contributed by atoms with Crippen LogP contribution in [0.5, 0.6) is 0 Å². The molecule has 0 aromatic rings. The van der Waals surface area contributed by atoms with Crippen LogP contribution >= 0.6 is 0 Å². The molecular weight excluding hydrogens is 198 g/mol. The Hall–Kier alpha value is -0.0800. The minimum atomic E-state index is -0.0914. The summed E-state index contributed by atoms with van der Waals surface area (Å²) in [6, 6.07) is 0.415. The third-order valence-electron chi connectivity index (χ3n) is 3.36. The first kappa shape index (κ1) is 14.0. The summed E-state index contributed by atoms with van der Waals surface area (Å²) in [5.41, 5.74) is 0. The summed E-state index contributed by atoms with van der Waals surface area (Å²) in [6.45, 7) is 11.3. The van der Waals surface area contributed by atoms with Gasteiger partial charge in [-0.2, -0.15) is 0 Å². The van der Waals surface area contributed by atoms with Crippen LogP contribution in [0.1, 0.15) is 53.4 Å². The second-order valence-electron chi connectivity index (χ2n) is 6.16. The van der Waals surface area contributed by atoms with Gasteiger partial charge in [-0.3, -0.25) is 4.90 Å². The maximum Gasteiger partial charge on any atom is 0.0695 e. The van der Waals surface area contributed by atoms with Crippen molar-refractivity contribution in [1.29, 1.82) is 0 Å². The van der Waals surface area contributed by atoms with Gasteiger partial charge in [0.1, 0.15) is 0 Å². The van der Waals surface area contributed by atoms with Crippen molar-refractivity contribution in [2.45, 2.75) is 65.5 Å². The molecule has 0 aliphatic heterocycles. The second-order valence-corrected chi connectivity index (χ2v) is 6.16. The number of rotatable bonds is 5. The van der Waals surface area contributed by atoms with Gasteiger partial charge in [-0.1, -0.05) is 40.5 Å². The number of nitrogens with zero attached hydrogens (tertiary/aromatic N) is 1. The molecule has 1 rings (SSSR count). The molecule has 0 unspecified atom stereocenters. The third kappa shape index (κ3) is 4.42. The Morgan fingerprint density at radius 3 is 1.94 bits per heavy atom. The lowest BCUT2D eigenvalue weighted by molar-refractivity contribution is 0.00934. The maximum atomic E-state index is 10.1. The summed E-state index contributed by atoms with van der Waals surface area (Å²) in [6.07, 6.45) is 4.58. The molecule has 0 bridgehead atoms. The van der Waals surface area contributed by atoms with Crippen LogP contribution in [0.15, 0.2) is 0 Å². The zero-order valence-corrected chi connectivity index (χ0v) is 11.4. The van der Waals surface area contributed by atoms with E-state index in [1.807, 2.05) is 0 Å². The lowest BCUT2D eigenvalue weighted by atomic mass is 9.90.